The van der Waals surface area contributed by atoms with Gasteiger partial charge in [0.2, 0.25) is 0 Å². The highest BCUT2D eigenvalue weighted by Gasteiger charge is 2.23. The van der Waals surface area contributed by atoms with Crippen LogP contribution in [0.3, 0.4) is 0 Å². The van der Waals surface area contributed by atoms with E-state index in [0.717, 1.165) is 18.4 Å². The first kappa shape index (κ1) is 16.5. The van der Waals surface area contributed by atoms with Gasteiger partial charge in [-0.1, -0.05) is 54.1 Å². The number of para-hydroxylation sites is 1. The van der Waals surface area contributed by atoms with Crippen LogP contribution < -0.4 is 10.6 Å². The fraction of sp³-hybridized carbons (Fsp3) is 0.150. The molecule has 1 fully saturated rings. The standard InChI is InChI=1S/C20H17ClN4O/c21-15-8-4-5-9-16(15)24-20(26)17-12-18(22-14-10-11-14)25-19(23-17)13-6-2-1-3-7-13/h1-9,12,14H,10-11H2,(H,24,26)(H,22,23,25). The number of nitrogens with zero attached hydrogens (tertiary/aromatic N) is 2. The molecule has 2 N–H and O–H groups in total. The summed E-state index contributed by atoms with van der Waals surface area (Å²) in [6, 6.07) is 18.8. The van der Waals surface area contributed by atoms with Gasteiger partial charge in [0.05, 0.1) is 10.7 Å². The largest absolute Gasteiger partial charge is 0.367 e. The number of benzene rings is 2. The number of hydrogen-bond donors (Lipinski definition) is 2. The molecule has 0 bridgehead atoms. The summed E-state index contributed by atoms with van der Waals surface area (Å²) in [5, 5.41) is 6.63. The molecule has 130 valence electrons. The topological polar surface area (TPSA) is 66.9 Å². The number of carbonyl (C=O) groups is 1. The molecular formula is C20H17ClN4O. The molecule has 1 aliphatic carbocycles. The zero-order valence-electron chi connectivity index (χ0n) is 13.9. The number of amides is 1. The van der Waals surface area contributed by atoms with Gasteiger partial charge in [-0.3, -0.25) is 4.79 Å². The first-order chi connectivity index (χ1) is 12.7. The molecule has 2 aromatic carbocycles. The summed E-state index contributed by atoms with van der Waals surface area (Å²) in [6.07, 6.45) is 2.23. The van der Waals surface area contributed by atoms with Gasteiger partial charge in [-0.25, -0.2) is 9.97 Å². The fourth-order valence-corrected chi connectivity index (χ4v) is 2.72. The Bertz CT molecular complexity index is 942. The average molecular weight is 365 g/mol. The molecule has 1 saturated carbocycles. The van der Waals surface area contributed by atoms with Crippen molar-refractivity contribution in [3.05, 3.63) is 71.4 Å². The minimum Gasteiger partial charge on any atom is -0.367 e. The number of rotatable bonds is 5. The molecule has 1 aliphatic rings. The van der Waals surface area contributed by atoms with Crippen LogP contribution in [0.25, 0.3) is 11.4 Å². The molecule has 0 aliphatic heterocycles. The Morgan fingerprint density at radius 3 is 2.46 bits per heavy atom. The highest BCUT2D eigenvalue weighted by Crippen LogP contribution is 2.26. The zero-order chi connectivity index (χ0) is 17.9. The monoisotopic (exact) mass is 364 g/mol. The van der Waals surface area contributed by atoms with Crippen LogP contribution in [-0.4, -0.2) is 21.9 Å². The number of halogens is 1. The van der Waals surface area contributed by atoms with Crippen LogP contribution in [0.15, 0.2) is 60.7 Å². The number of anilines is 2. The first-order valence-corrected chi connectivity index (χ1v) is 8.84. The van der Waals surface area contributed by atoms with Gasteiger partial charge >= 0.3 is 0 Å². The first-order valence-electron chi connectivity index (χ1n) is 8.46. The van der Waals surface area contributed by atoms with Crippen molar-refractivity contribution in [1.82, 2.24) is 9.97 Å². The number of nitrogens with one attached hydrogen (secondary N) is 2. The van der Waals surface area contributed by atoms with Gasteiger partial charge in [-0.05, 0) is 25.0 Å². The van der Waals surface area contributed by atoms with E-state index in [-0.39, 0.29) is 5.91 Å². The molecule has 4 rings (SSSR count). The summed E-state index contributed by atoms with van der Waals surface area (Å²) in [5.74, 6) is 0.850. The maximum absolute atomic E-state index is 12.7. The summed E-state index contributed by atoms with van der Waals surface area (Å²) >= 11 is 6.13. The molecule has 1 aromatic heterocycles. The van der Waals surface area contributed by atoms with Crippen molar-refractivity contribution in [3.8, 4) is 11.4 Å². The van der Waals surface area contributed by atoms with E-state index in [1.54, 1.807) is 18.2 Å². The summed E-state index contributed by atoms with van der Waals surface area (Å²) in [4.78, 5) is 21.7. The second-order valence-corrected chi connectivity index (χ2v) is 6.59. The van der Waals surface area contributed by atoms with E-state index in [2.05, 4.69) is 20.6 Å². The fourth-order valence-electron chi connectivity index (χ4n) is 2.54. The third kappa shape index (κ3) is 3.83. The Morgan fingerprint density at radius 2 is 1.73 bits per heavy atom. The molecule has 0 saturated heterocycles. The third-order valence-corrected chi connectivity index (χ3v) is 4.37. The molecule has 5 nitrogen and oxygen atoms in total. The molecule has 6 heteroatoms. The third-order valence-electron chi connectivity index (χ3n) is 4.04. The van der Waals surface area contributed by atoms with Crippen molar-refractivity contribution in [1.29, 1.82) is 0 Å². The van der Waals surface area contributed by atoms with Crippen molar-refractivity contribution in [3.63, 3.8) is 0 Å². The van der Waals surface area contributed by atoms with E-state index in [4.69, 9.17) is 11.6 Å². The minimum absolute atomic E-state index is 0.293. The molecule has 0 unspecified atom stereocenters. The Hall–Kier alpha value is -2.92. The van der Waals surface area contributed by atoms with Crippen LogP contribution in [-0.2, 0) is 0 Å². The van der Waals surface area contributed by atoms with Gasteiger partial charge in [0.25, 0.3) is 5.91 Å². The highest BCUT2D eigenvalue weighted by atomic mass is 35.5. The van der Waals surface area contributed by atoms with Crippen molar-refractivity contribution >= 4 is 29.0 Å². The van der Waals surface area contributed by atoms with Crippen LogP contribution >= 0.6 is 11.6 Å². The van der Waals surface area contributed by atoms with Crippen LogP contribution in [0.1, 0.15) is 23.3 Å². The van der Waals surface area contributed by atoms with Gasteiger partial charge in [-0.2, -0.15) is 0 Å². The molecule has 3 aromatic rings. The van der Waals surface area contributed by atoms with E-state index in [0.29, 0.717) is 34.1 Å². The van der Waals surface area contributed by atoms with Gasteiger partial charge in [-0.15, -0.1) is 0 Å². The Labute approximate surface area is 156 Å². The Kier molecular flexibility index (Phi) is 4.54. The maximum atomic E-state index is 12.7. The van der Waals surface area contributed by atoms with Crippen molar-refractivity contribution in [2.45, 2.75) is 18.9 Å². The second kappa shape index (κ2) is 7.14. The lowest BCUT2D eigenvalue weighted by Gasteiger charge is -2.11. The number of aromatic nitrogens is 2. The zero-order valence-corrected chi connectivity index (χ0v) is 14.7. The summed E-state index contributed by atoms with van der Waals surface area (Å²) in [6.45, 7) is 0. The summed E-state index contributed by atoms with van der Waals surface area (Å²) < 4.78 is 0. The van der Waals surface area contributed by atoms with E-state index < -0.39 is 0 Å². The van der Waals surface area contributed by atoms with Crippen molar-refractivity contribution < 1.29 is 4.79 Å². The quantitative estimate of drug-likeness (QED) is 0.693. The number of hydrogen-bond acceptors (Lipinski definition) is 4. The molecule has 0 atom stereocenters. The molecular weight excluding hydrogens is 348 g/mol. The van der Waals surface area contributed by atoms with Gasteiger partial charge in [0.15, 0.2) is 5.82 Å². The van der Waals surface area contributed by atoms with Gasteiger partial charge in [0, 0.05) is 17.7 Å². The predicted octanol–water partition coefficient (Wildman–Crippen LogP) is 4.62. The smallest absolute Gasteiger partial charge is 0.274 e. The lowest BCUT2D eigenvalue weighted by atomic mass is 10.2. The molecule has 0 spiro atoms. The van der Waals surface area contributed by atoms with Gasteiger partial charge < -0.3 is 10.6 Å². The van der Waals surface area contributed by atoms with Crippen molar-refractivity contribution in [2.24, 2.45) is 0 Å². The SMILES string of the molecule is O=C(Nc1ccccc1Cl)c1cc(NC2CC2)nc(-c2ccccc2)n1. The lowest BCUT2D eigenvalue weighted by molar-refractivity contribution is 0.102. The van der Waals surface area contributed by atoms with Gasteiger partial charge in [0.1, 0.15) is 11.5 Å². The van der Waals surface area contributed by atoms with E-state index in [9.17, 15) is 4.79 Å². The Balaban J connectivity index is 1.67. The van der Waals surface area contributed by atoms with Crippen molar-refractivity contribution in [2.75, 3.05) is 10.6 Å². The van der Waals surface area contributed by atoms with E-state index >= 15 is 0 Å². The normalized spacial score (nSPS) is 13.3. The summed E-state index contributed by atoms with van der Waals surface area (Å²) in [5.41, 5.74) is 1.71. The van der Waals surface area contributed by atoms with Crippen LogP contribution in [0.2, 0.25) is 5.02 Å². The molecule has 26 heavy (non-hydrogen) atoms. The predicted molar refractivity (Wildman–Crippen MR) is 104 cm³/mol. The Morgan fingerprint density at radius 1 is 1.00 bits per heavy atom. The minimum atomic E-state index is -0.323. The van der Waals surface area contributed by atoms with Crippen LogP contribution in [0.5, 0.6) is 0 Å². The molecule has 1 amide bonds. The average Bonchev–Trinajstić information content (AvgIpc) is 3.48. The van der Waals surface area contributed by atoms with Crippen LogP contribution in [0.4, 0.5) is 11.5 Å². The molecule has 1 heterocycles. The maximum Gasteiger partial charge on any atom is 0.274 e. The van der Waals surface area contributed by atoms with E-state index in [1.807, 2.05) is 42.5 Å². The highest BCUT2D eigenvalue weighted by molar-refractivity contribution is 6.33. The summed E-state index contributed by atoms with van der Waals surface area (Å²) in [7, 11) is 0. The lowest BCUT2D eigenvalue weighted by Crippen LogP contribution is -2.16. The molecule has 0 radical (unpaired) electrons. The number of carbonyl (C=O) groups excluding carboxylic acids is 1. The van der Waals surface area contributed by atoms with Crippen LogP contribution in [0, 0.1) is 0 Å². The van der Waals surface area contributed by atoms with E-state index in [1.165, 1.54) is 0 Å². The second-order valence-electron chi connectivity index (χ2n) is 6.18.